The fraction of sp³-hybridized carbons (Fsp3) is 1.00. The van der Waals surface area contributed by atoms with E-state index in [1.165, 1.54) is 0 Å². The molecular weight excluding hydrogens is 271 g/mol. The van der Waals surface area contributed by atoms with E-state index in [1.807, 2.05) is 0 Å². The number of alkyl halides is 3. The molecule has 0 aromatic heterocycles. The maximum absolute atomic E-state index is 10.9. The van der Waals surface area contributed by atoms with Crippen molar-refractivity contribution in [3.63, 3.8) is 0 Å². The molecule has 0 spiro atoms. The molecule has 0 unspecified atom stereocenters. The molecule has 0 aliphatic heterocycles. The van der Waals surface area contributed by atoms with Crippen LogP contribution in [0.5, 0.6) is 0 Å². The Balaban J connectivity index is 0. The van der Waals surface area contributed by atoms with Crippen LogP contribution in [0.25, 0.3) is 0 Å². The zero-order valence-electron chi connectivity index (χ0n) is 4.07. The summed E-state index contributed by atoms with van der Waals surface area (Å²) >= 11 is 0. The van der Waals surface area contributed by atoms with Crippen molar-refractivity contribution in [1.82, 2.24) is 4.72 Å². The molecule has 0 aliphatic rings. The molecule has 0 atom stereocenters. The van der Waals surface area contributed by atoms with E-state index in [2.05, 4.69) is 0 Å². The first-order chi connectivity index (χ1) is 3.71. The Morgan fingerprint density at radius 3 is 1.60 bits per heavy atom. The molecule has 9 heteroatoms. The molecule has 0 amide bonds. The molecule has 0 aromatic rings. The van der Waals surface area contributed by atoms with E-state index < -0.39 is 16.6 Å². The quantitative estimate of drug-likeness (QED) is 0.399. The van der Waals surface area contributed by atoms with Crippen molar-refractivity contribution in [2.24, 2.45) is 0 Å². The molecule has 0 radical (unpaired) electrons. The zero-order chi connectivity index (χ0) is 7.71. The van der Waals surface area contributed by atoms with E-state index in [9.17, 15) is 26.1 Å². The summed E-state index contributed by atoms with van der Waals surface area (Å²) in [5.74, 6) is 0. The third-order valence-corrected chi connectivity index (χ3v) is 0.722. The van der Waals surface area contributed by atoms with Gasteiger partial charge in [0.1, 0.15) is 0 Å². The van der Waals surface area contributed by atoms with Gasteiger partial charge in [-0.3, -0.25) is 0 Å². The van der Waals surface area contributed by atoms with Gasteiger partial charge in [-0.2, -0.15) is 13.2 Å². The van der Waals surface area contributed by atoms with Crippen LogP contribution in [0.2, 0.25) is 0 Å². The molecule has 0 aliphatic carbocycles. The van der Waals surface area contributed by atoms with E-state index in [-0.39, 0.29) is 27.1 Å². The first-order valence-corrected chi connectivity index (χ1v) is 2.93. The van der Waals surface area contributed by atoms with Crippen molar-refractivity contribution in [3.05, 3.63) is 0 Å². The van der Waals surface area contributed by atoms with Crippen LogP contribution in [0.1, 0.15) is 0 Å². The van der Waals surface area contributed by atoms with Gasteiger partial charge < -0.3 is 4.55 Å². The summed E-state index contributed by atoms with van der Waals surface area (Å²) in [6.45, 7) is 0. The van der Waals surface area contributed by atoms with Gasteiger partial charge in [0.05, 0.1) is 0 Å². The Morgan fingerprint density at radius 1 is 1.30 bits per heavy atom. The molecule has 0 heterocycles. The topological polar surface area (TPSA) is 69.2 Å². The van der Waals surface area contributed by atoms with Crippen LogP contribution >= 0.6 is 0 Å². The average molecular weight is 272 g/mol. The maximum Gasteiger partial charge on any atom is 1.00 e. The van der Waals surface area contributed by atoms with E-state index in [4.69, 9.17) is 0 Å². The van der Waals surface area contributed by atoms with E-state index >= 15 is 0 Å². The van der Waals surface area contributed by atoms with Crippen LogP contribution in [-0.4, -0.2) is 19.3 Å². The van der Waals surface area contributed by atoms with Crippen molar-refractivity contribution >= 4 is 10.3 Å². The van der Waals surface area contributed by atoms with Crippen LogP contribution in [0.3, 0.4) is 0 Å². The summed E-state index contributed by atoms with van der Waals surface area (Å²) in [4.78, 5) is 0. The van der Waals surface area contributed by atoms with E-state index in [1.54, 1.807) is 0 Å². The summed E-state index contributed by atoms with van der Waals surface area (Å²) < 4.78 is 60.2. The van der Waals surface area contributed by atoms with E-state index in [0.717, 1.165) is 0 Å². The first-order valence-electron chi connectivity index (χ1n) is 1.52. The van der Waals surface area contributed by atoms with Gasteiger partial charge in [0.15, 0.2) is 10.3 Å². The number of hydrogen-bond donors (Lipinski definition) is 1. The predicted molar refractivity (Wildman–Crippen MR) is 18.9 cm³/mol. The van der Waals surface area contributed by atoms with Gasteiger partial charge in [-0.1, -0.05) is 0 Å². The molecule has 0 aromatic carbocycles. The molecule has 4 nitrogen and oxygen atoms in total. The summed E-state index contributed by atoms with van der Waals surface area (Å²) in [7, 11) is -5.41. The van der Waals surface area contributed by atoms with Gasteiger partial charge in [0.2, 0.25) is 0 Å². The van der Waals surface area contributed by atoms with Crippen LogP contribution in [0, 0.1) is 0 Å². The third kappa shape index (κ3) is 11.2. The molecular formula is CHAgF3NO3S. The second-order valence-electron chi connectivity index (χ2n) is 1.05. The molecule has 10 heavy (non-hydrogen) atoms. The van der Waals surface area contributed by atoms with Crippen LogP contribution < -0.4 is 4.72 Å². The minimum absolute atomic E-state index is 0. The van der Waals surface area contributed by atoms with Crippen molar-refractivity contribution < 1.29 is 48.5 Å². The molecule has 0 bridgehead atoms. The number of hydrogen-bond acceptors (Lipinski definition) is 3. The summed E-state index contributed by atoms with van der Waals surface area (Å²) in [6, 6.07) is 0. The fourth-order valence-corrected chi connectivity index (χ4v) is 0.425. The van der Waals surface area contributed by atoms with Crippen molar-refractivity contribution in [2.75, 3.05) is 0 Å². The Labute approximate surface area is 70.2 Å². The van der Waals surface area contributed by atoms with Crippen molar-refractivity contribution in [2.45, 2.75) is 6.30 Å². The summed E-state index contributed by atoms with van der Waals surface area (Å²) in [6.07, 6.45) is -5.17. The van der Waals surface area contributed by atoms with Gasteiger partial charge in [-0.15, -0.1) is 4.72 Å². The maximum atomic E-state index is 10.9. The van der Waals surface area contributed by atoms with E-state index in [0.29, 0.717) is 0 Å². The number of halogens is 3. The van der Waals surface area contributed by atoms with Gasteiger partial charge in [0.25, 0.3) is 0 Å². The first kappa shape index (κ1) is 13.0. The zero-order valence-corrected chi connectivity index (χ0v) is 6.37. The van der Waals surface area contributed by atoms with Crippen molar-refractivity contribution in [3.8, 4) is 0 Å². The minimum Gasteiger partial charge on any atom is -0.735 e. The summed E-state index contributed by atoms with van der Waals surface area (Å²) in [5.41, 5.74) is 0. The largest absolute Gasteiger partial charge is 1.00 e. The van der Waals surface area contributed by atoms with Gasteiger partial charge in [-0.05, 0) is 0 Å². The Morgan fingerprint density at radius 2 is 1.60 bits per heavy atom. The Kier molecular flexibility index (Phi) is 4.81. The van der Waals surface area contributed by atoms with Gasteiger partial charge in [0, 0.05) is 0 Å². The molecule has 0 saturated heterocycles. The second-order valence-corrected chi connectivity index (χ2v) is 2.17. The van der Waals surface area contributed by atoms with Gasteiger partial charge >= 0.3 is 28.7 Å². The summed E-state index contributed by atoms with van der Waals surface area (Å²) in [5, 5.41) is 0. The normalized spacial score (nSPS) is 12.4. The average Bonchev–Trinajstić information content (AvgIpc) is 1.14. The number of rotatable bonds is 1. The molecule has 0 rings (SSSR count). The Hall–Kier alpha value is 0.400. The standard InChI is InChI=1S/CH2F3NO3S.Ag/c2-1(3,4)5-9(6,7)8;/h5H,(H,6,7,8);/q;+1/p-1. The second kappa shape index (κ2) is 3.69. The van der Waals surface area contributed by atoms with Crippen LogP contribution in [0.15, 0.2) is 0 Å². The van der Waals surface area contributed by atoms with Gasteiger partial charge in [-0.25, -0.2) is 8.42 Å². The van der Waals surface area contributed by atoms with Crippen molar-refractivity contribution in [1.29, 1.82) is 0 Å². The molecule has 0 fully saturated rings. The fourth-order valence-electron chi connectivity index (χ4n) is 0.142. The predicted octanol–water partition coefficient (Wildman–Crippen LogP) is -0.446. The smallest absolute Gasteiger partial charge is 0.735 e. The minimum atomic E-state index is -5.41. The SMILES string of the molecule is O=S(=O)([O-])NC(F)(F)F.[Ag+]. The molecule has 66 valence electrons. The Bertz CT molecular complexity index is 184. The monoisotopic (exact) mass is 271 g/mol. The molecule has 0 saturated carbocycles. The number of nitrogens with one attached hydrogen (secondary N) is 1. The third-order valence-electron chi connectivity index (χ3n) is 0.241. The van der Waals surface area contributed by atoms with Crippen LogP contribution in [-0.2, 0) is 32.7 Å². The van der Waals surface area contributed by atoms with Crippen LogP contribution in [0.4, 0.5) is 13.2 Å². The molecule has 1 N–H and O–H groups in total.